The van der Waals surface area contributed by atoms with Crippen molar-refractivity contribution in [3.8, 4) is 11.6 Å². The van der Waals surface area contributed by atoms with Gasteiger partial charge in [0.1, 0.15) is 11.3 Å². The maximum atomic E-state index is 9.39. The lowest BCUT2D eigenvalue weighted by Crippen LogP contribution is -2.41. The third-order valence-corrected chi connectivity index (χ3v) is 5.63. The lowest BCUT2D eigenvalue weighted by molar-refractivity contribution is -0.687. The van der Waals surface area contributed by atoms with Crippen molar-refractivity contribution in [2.24, 2.45) is 0 Å². The molecule has 4 aromatic rings. The lowest BCUT2D eigenvalue weighted by Gasteiger charge is -2.28. The second kappa shape index (κ2) is 7.03. The van der Waals surface area contributed by atoms with E-state index >= 15 is 0 Å². The van der Waals surface area contributed by atoms with Gasteiger partial charge in [0, 0.05) is 16.0 Å². The normalized spacial score (nSPS) is 14.9. The van der Waals surface area contributed by atoms with Gasteiger partial charge in [-0.05, 0) is 23.1 Å². The minimum atomic E-state index is -0.158. The van der Waals surface area contributed by atoms with Gasteiger partial charge in [0.05, 0.1) is 19.1 Å². The van der Waals surface area contributed by atoms with Crippen molar-refractivity contribution < 1.29 is 14.4 Å². The molecule has 1 atom stereocenters. The van der Waals surface area contributed by atoms with Crippen LogP contribution in [0.4, 0.5) is 5.82 Å². The van der Waals surface area contributed by atoms with Crippen LogP contribution in [0.5, 0.6) is 11.6 Å². The van der Waals surface area contributed by atoms with Gasteiger partial charge >= 0.3 is 5.88 Å². The first-order chi connectivity index (χ1) is 14.2. The molecule has 0 radical (unpaired) electrons. The molecule has 0 saturated carbocycles. The Hall–Kier alpha value is -3.15. The molecule has 2 heterocycles. The Morgan fingerprint density at radius 3 is 2.66 bits per heavy atom. The molecule has 0 spiro atoms. The zero-order valence-electron chi connectivity index (χ0n) is 15.5. The molecule has 0 amide bonds. The molecule has 5 rings (SSSR count). The van der Waals surface area contributed by atoms with Gasteiger partial charge in [-0.15, -0.1) is 0 Å². The molecule has 29 heavy (non-hydrogen) atoms. The molecular formula is C23H19ClN3O2+. The van der Waals surface area contributed by atoms with E-state index < -0.39 is 0 Å². The lowest BCUT2D eigenvalue weighted by atomic mass is 9.82. The number of aromatic nitrogens is 2. The molecule has 1 aromatic heterocycles. The van der Waals surface area contributed by atoms with Crippen molar-refractivity contribution in [3.05, 3.63) is 88.7 Å². The van der Waals surface area contributed by atoms with Gasteiger partial charge in [-0.2, -0.15) is 0 Å². The first-order valence-corrected chi connectivity index (χ1v) is 9.79. The summed E-state index contributed by atoms with van der Waals surface area (Å²) in [5, 5.41) is 12.2. The van der Waals surface area contributed by atoms with Crippen LogP contribution in [-0.4, -0.2) is 16.7 Å². The highest BCUT2D eigenvalue weighted by molar-refractivity contribution is 6.30. The van der Waals surface area contributed by atoms with Crippen LogP contribution in [-0.2, 0) is 6.54 Å². The summed E-state index contributed by atoms with van der Waals surface area (Å²) in [5.74, 6) is 1.65. The Bertz CT molecular complexity index is 1220. The van der Waals surface area contributed by atoms with Crippen molar-refractivity contribution in [2.75, 3.05) is 12.3 Å². The van der Waals surface area contributed by atoms with Crippen LogP contribution >= 0.6 is 11.6 Å². The number of fused-ring (bicyclic) bond motifs is 4. The summed E-state index contributed by atoms with van der Waals surface area (Å²) >= 11 is 6.13. The molecule has 3 aromatic carbocycles. The van der Waals surface area contributed by atoms with Crippen molar-refractivity contribution >= 4 is 28.2 Å². The van der Waals surface area contributed by atoms with Crippen molar-refractivity contribution in [3.63, 3.8) is 0 Å². The van der Waals surface area contributed by atoms with E-state index in [0.29, 0.717) is 23.3 Å². The Morgan fingerprint density at radius 2 is 1.86 bits per heavy atom. The van der Waals surface area contributed by atoms with Gasteiger partial charge in [-0.1, -0.05) is 65.1 Å². The van der Waals surface area contributed by atoms with Crippen molar-refractivity contribution in [1.82, 2.24) is 4.98 Å². The number of benzene rings is 3. The predicted molar refractivity (Wildman–Crippen MR) is 112 cm³/mol. The fraction of sp³-hybridized carbons (Fsp3) is 0.130. The highest BCUT2D eigenvalue weighted by Crippen LogP contribution is 2.50. The molecule has 0 unspecified atom stereocenters. The number of nitrogens with two attached hydrogens (primary N) is 1. The van der Waals surface area contributed by atoms with E-state index in [-0.39, 0.29) is 12.5 Å². The van der Waals surface area contributed by atoms with Gasteiger partial charge in [-0.25, -0.2) is 4.57 Å². The van der Waals surface area contributed by atoms with E-state index in [9.17, 15) is 5.11 Å². The van der Waals surface area contributed by atoms with Crippen LogP contribution in [0.2, 0.25) is 5.02 Å². The molecule has 0 aliphatic carbocycles. The van der Waals surface area contributed by atoms with E-state index in [1.807, 2.05) is 36.4 Å². The van der Waals surface area contributed by atoms with Crippen LogP contribution < -0.4 is 15.0 Å². The summed E-state index contributed by atoms with van der Waals surface area (Å²) in [6.07, 6.45) is 1.61. The van der Waals surface area contributed by atoms with Gasteiger partial charge in [0.15, 0.2) is 0 Å². The second-order valence-corrected chi connectivity index (χ2v) is 7.49. The molecule has 0 bridgehead atoms. The average Bonchev–Trinajstić information content (AvgIpc) is 2.75. The molecule has 6 heteroatoms. The molecule has 1 aliphatic heterocycles. The van der Waals surface area contributed by atoms with Crippen LogP contribution in [0, 0.1) is 0 Å². The maximum Gasteiger partial charge on any atom is 0.306 e. The molecular weight excluding hydrogens is 386 g/mol. The number of anilines is 1. The number of aliphatic hydroxyl groups excluding tert-OH is 1. The monoisotopic (exact) mass is 404 g/mol. The van der Waals surface area contributed by atoms with Gasteiger partial charge < -0.3 is 15.6 Å². The zero-order valence-corrected chi connectivity index (χ0v) is 16.3. The Labute approximate surface area is 173 Å². The number of rotatable bonds is 3. The maximum absolute atomic E-state index is 9.39. The van der Waals surface area contributed by atoms with Gasteiger partial charge in [0.25, 0.3) is 0 Å². The molecule has 0 fully saturated rings. The predicted octanol–water partition coefficient (Wildman–Crippen LogP) is 4.04. The average molecular weight is 405 g/mol. The SMILES string of the molecule is Nc1c2c(nc[n+]1CCO)Oc1c(ccc3ccccc13)[C@@H]2c1ccc(Cl)cc1. The smallest absolute Gasteiger partial charge is 0.306 e. The number of ether oxygens (including phenoxy) is 1. The van der Waals surface area contributed by atoms with Crippen LogP contribution in [0.25, 0.3) is 10.8 Å². The second-order valence-electron chi connectivity index (χ2n) is 7.06. The van der Waals surface area contributed by atoms with E-state index in [2.05, 4.69) is 29.2 Å². The van der Waals surface area contributed by atoms with E-state index in [0.717, 1.165) is 33.2 Å². The third kappa shape index (κ3) is 2.90. The van der Waals surface area contributed by atoms with Crippen LogP contribution in [0.15, 0.2) is 67.0 Å². The Morgan fingerprint density at radius 1 is 1.07 bits per heavy atom. The summed E-state index contributed by atoms with van der Waals surface area (Å²) in [6.45, 7) is 0.340. The minimum Gasteiger partial charge on any atom is -0.425 e. The van der Waals surface area contributed by atoms with Crippen LogP contribution in [0.1, 0.15) is 22.6 Å². The Kier molecular flexibility index (Phi) is 4.34. The fourth-order valence-corrected chi connectivity index (χ4v) is 4.14. The highest BCUT2D eigenvalue weighted by atomic mass is 35.5. The minimum absolute atomic E-state index is 0.0248. The number of halogens is 1. The highest BCUT2D eigenvalue weighted by Gasteiger charge is 2.36. The molecule has 3 N–H and O–H groups in total. The largest absolute Gasteiger partial charge is 0.425 e. The van der Waals surface area contributed by atoms with Crippen molar-refractivity contribution in [2.45, 2.75) is 12.5 Å². The summed E-state index contributed by atoms with van der Waals surface area (Å²) in [6, 6.07) is 20.1. The fourth-order valence-electron chi connectivity index (χ4n) is 4.01. The molecule has 144 valence electrons. The number of nitrogens with zero attached hydrogens (tertiary/aromatic N) is 2. The molecule has 5 nitrogen and oxygen atoms in total. The summed E-state index contributed by atoms with van der Waals surface area (Å²) in [4.78, 5) is 4.52. The van der Waals surface area contributed by atoms with Crippen LogP contribution in [0.3, 0.4) is 0 Å². The topological polar surface area (TPSA) is 72.2 Å². The van der Waals surface area contributed by atoms with Gasteiger partial charge in [0.2, 0.25) is 12.1 Å². The molecule has 1 aliphatic rings. The van der Waals surface area contributed by atoms with Crippen molar-refractivity contribution in [1.29, 1.82) is 0 Å². The first-order valence-electron chi connectivity index (χ1n) is 9.41. The number of hydrogen-bond donors (Lipinski definition) is 2. The van der Waals surface area contributed by atoms with Gasteiger partial charge in [-0.3, -0.25) is 0 Å². The number of aliphatic hydroxyl groups is 1. The Balaban J connectivity index is 1.81. The van der Waals surface area contributed by atoms with E-state index in [4.69, 9.17) is 22.1 Å². The first kappa shape index (κ1) is 17.9. The van der Waals surface area contributed by atoms with E-state index in [1.54, 1.807) is 10.9 Å². The third-order valence-electron chi connectivity index (χ3n) is 5.38. The number of nitrogen functional groups attached to an aromatic ring is 1. The quantitative estimate of drug-likeness (QED) is 0.445. The summed E-state index contributed by atoms with van der Waals surface area (Å²) in [5.41, 5.74) is 9.39. The van der Waals surface area contributed by atoms with E-state index in [1.165, 1.54) is 0 Å². The standard InChI is InChI=1S/C23H18ClN3O2/c24-16-8-5-15(6-9-16)19-18-10-7-14-3-1-2-4-17(14)21(18)29-23-20(19)22(25)27(11-12-28)13-26-23/h1-10,13,19,25,28H,11-12H2/p+1/t19-/m0/s1. The summed E-state index contributed by atoms with van der Waals surface area (Å²) in [7, 11) is 0. The summed E-state index contributed by atoms with van der Waals surface area (Å²) < 4.78 is 8.03. The zero-order chi connectivity index (χ0) is 20.0. The number of hydrogen-bond acceptors (Lipinski definition) is 4. The molecule has 0 saturated heterocycles.